The molecule has 1 atom stereocenters. The van der Waals surface area contributed by atoms with E-state index in [9.17, 15) is 9.59 Å². The number of hydrogen-bond acceptors (Lipinski definition) is 3. The Morgan fingerprint density at radius 3 is 2.89 bits per heavy atom. The summed E-state index contributed by atoms with van der Waals surface area (Å²) in [5.41, 5.74) is 2.95. The number of carbonyl (C=O) groups is 2. The monoisotopic (exact) mass is 365 g/mol. The van der Waals surface area contributed by atoms with E-state index < -0.39 is 0 Å². The summed E-state index contributed by atoms with van der Waals surface area (Å²) < 4.78 is 5.24. The lowest BCUT2D eigenvalue weighted by Crippen LogP contribution is -2.47. The summed E-state index contributed by atoms with van der Waals surface area (Å²) in [5.74, 6) is 0.713. The van der Waals surface area contributed by atoms with Crippen molar-refractivity contribution in [2.45, 2.75) is 25.3 Å². The number of urea groups is 1. The molecule has 2 heterocycles. The lowest BCUT2D eigenvalue weighted by Gasteiger charge is -2.30. The van der Waals surface area contributed by atoms with Crippen LogP contribution in [0, 0.1) is 0 Å². The number of methoxy groups -OCH3 is 1. The Kier molecular flexibility index (Phi) is 4.71. The van der Waals surface area contributed by atoms with E-state index in [1.807, 2.05) is 42.5 Å². The highest BCUT2D eigenvalue weighted by Gasteiger charge is 2.33. The van der Waals surface area contributed by atoms with Gasteiger partial charge in [-0.2, -0.15) is 0 Å². The van der Waals surface area contributed by atoms with Crippen LogP contribution in [0.3, 0.4) is 0 Å². The highest BCUT2D eigenvalue weighted by atomic mass is 16.5. The van der Waals surface area contributed by atoms with Crippen molar-refractivity contribution in [3.8, 4) is 5.75 Å². The standard InChI is InChI=1S/C21H23N3O3/c1-27-18-9-4-8-17(13-18)24-14-16(12-20(24)25)22-21(26)23-11-5-7-15-6-2-3-10-19(15)23/h2-4,6,8-10,13,16H,5,7,11-12,14H2,1H3,(H,22,26)/t16-/m1/s1. The molecule has 2 aliphatic rings. The molecule has 0 aliphatic carbocycles. The molecule has 4 rings (SSSR count). The fourth-order valence-electron chi connectivity index (χ4n) is 3.83. The van der Waals surface area contributed by atoms with E-state index in [0.717, 1.165) is 24.2 Å². The van der Waals surface area contributed by atoms with Crippen molar-refractivity contribution >= 4 is 23.3 Å². The maximum Gasteiger partial charge on any atom is 0.322 e. The minimum atomic E-state index is -0.203. The molecule has 6 nitrogen and oxygen atoms in total. The van der Waals surface area contributed by atoms with Gasteiger partial charge in [0.2, 0.25) is 5.91 Å². The number of para-hydroxylation sites is 1. The molecule has 0 bridgehead atoms. The number of benzene rings is 2. The summed E-state index contributed by atoms with van der Waals surface area (Å²) in [7, 11) is 1.60. The third kappa shape index (κ3) is 3.47. The first-order valence-electron chi connectivity index (χ1n) is 9.26. The molecule has 0 saturated carbocycles. The fraction of sp³-hybridized carbons (Fsp3) is 0.333. The van der Waals surface area contributed by atoms with Gasteiger partial charge in [0.05, 0.1) is 13.2 Å². The van der Waals surface area contributed by atoms with E-state index in [0.29, 0.717) is 25.3 Å². The molecule has 1 saturated heterocycles. The van der Waals surface area contributed by atoms with Crippen molar-refractivity contribution in [3.05, 3.63) is 54.1 Å². The van der Waals surface area contributed by atoms with Crippen molar-refractivity contribution in [2.24, 2.45) is 0 Å². The summed E-state index contributed by atoms with van der Waals surface area (Å²) in [5, 5.41) is 3.04. The third-order valence-electron chi connectivity index (χ3n) is 5.17. The van der Waals surface area contributed by atoms with Gasteiger partial charge in [-0.1, -0.05) is 24.3 Å². The molecule has 27 heavy (non-hydrogen) atoms. The first kappa shape index (κ1) is 17.4. The summed E-state index contributed by atoms with van der Waals surface area (Å²) in [6, 6.07) is 15.1. The summed E-state index contributed by atoms with van der Waals surface area (Å²) >= 11 is 0. The molecule has 1 fully saturated rings. The maximum absolute atomic E-state index is 12.8. The average molecular weight is 365 g/mol. The molecule has 3 amide bonds. The van der Waals surface area contributed by atoms with Crippen molar-refractivity contribution in [1.82, 2.24) is 5.32 Å². The van der Waals surface area contributed by atoms with E-state index >= 15 is 0 Å². The number of amides is 3. The molecule has 0 aromatic heterocycles. The van der Waals surface area contributed by atoms with Gasteiger partial charge in [-0.25, -0.2) is 4.79 Å². The molecule has 0 radical (unpaired) electrons. The smallest absolute Gasteiger partial charge is 0.322 e. The van der Waals surface area contributed by atoms with Crippen molar-refractivity contribution in [3.63, 3.8) is 0 Å². The Bertz CT molecular complexity index is 867. The van der Waals surface area contributed by atoms with Gasteiger partial charge >= 0.3 is 6.03 Å². The summed E-state index contributed by atoms with van der Waals surface area (Å²) in [6.45, 7) is 1.16. The molecule has 1 N–H and O–H groups in total. The maximum atomic E-state index is 12.8. The number of fused-ring (bicyclic) bond motifs is 1. The van der Waals surface area contributed by atoms with Crippen LogP contribution in [0.15, 0.2) is 48.5 Å². The summed E-state index contributed by atoms with van der Waals surface area (Å²) in [4.78, 5) is 28.8. The second-order valence-corrected chi connectivity index (χ2v) is 6.94. The quantitative estimate of drug-likeness (QED) is 0.910. The van der Waals surface area contributed by atoms with Crippen molar-refractivity contribution in [2.75, 3.05) is 30.0 Å². The van der Waals surface area contributed by atoms with E-state index in [1.165, 1.54) is 5.56 Å². The number of ether oxygens (including phenoxy) is 1. The van der Waals surface area contributed by atoms with Crippen LogP contribution in [0.25, 0.3) is 0 Å². The molecule has 0 spiro atoms. The second kappa shape index (κ2) is 7.31. The third-order valence-corrected chi connectivity index (χ3v) is 5.17. The van der Waals surface area contributed by atoms with Crippen LogP contribution in [-0.4, -0.2) is 38.2 Å². The summed E-state index contributed by atoms with van der Waals surface area (Å²) in [6.07, 6.45) is 2.24. The number of aryl methyl sites for hydroxylation is 1. The van der Waals surface area contributed by atoms with Gasteiger partial charge in [0.1, 0.15) is 5.75 Å². The molecule has 2 aromatic carbocycles. The van der Waals surface area contributed by atoms with Gasteiger partial charge in [-0.3, -0.25) is 9.69 Å². The van der Waals surface area contributed by atoms with Gasteiger partial charge in [0.25, 0.3) is 0 Å². The minimum Gasteiger partial charge on any atom is -0.497 e. The number of anilines is 2. The minimum absolute atomic E-state index is 0.00703. The first-order valence-corrected chi connectivity index (χ1v) is 9.26. The van der Waals surface area contributed by atoms with E-state index in [-0.39, 0.29) is 18.0 Å². The van der Waals surface area contributed by atoms with Crippen LogP contribution in [0.5, 0.6) is 5.75 Å². The highest BCUT2D eigenvalue weighted by molar-refractivity contribution is 5.98. The normalized spacial score (nSPS) is 19.0. The Hall–Kier alpha value is -3.02. The van der Waals surface area contributed by atoms with Crippen LogP contribution in [0.4, 0.5) is 16.2 Å². The predicted octanol–water partition coefficient (Wildman–Crippen LogP) is 2.96. The van der Waals surface area contributed by atoms with Gasteiger partial charge in [0, 0.05) is 37.0 Å². The fourth-order valence-corrected chi connectivity index (χ4v) is 3.83. The average Bonchev–Trinajstić information content (AvgIpc) is 3.07. The van der Waals surface area contributed by atoms with Gasteiger partial charge in [-0.05, 0) is 36.6 Å². The molecular weight excluding hydrogens is 342 g/mol. The largest absolute Gasteiger partial charge is 0.497 e. The van der Waals surface area contributed by atoms with Gasteiger partial charge in [-0.15, -0.1) is 0 Å². The van der Waals surface area contributed by atoms with Crippen LogP contribution in [-0.2, 0) is 11.2 Å². The first-order chi connectivity index (χ1) is 13.2. The second-order valence-electron chi connectivity index (χ2n) is 6.94. The number of nitrogens with one attached hydrogen (secondary N) is 1. The van der Waals surface area contributed by atoms with Crippen LogP contribution < -0.4 is 19.9 Å². The van der Waals surface area contributed by atoms with Crippen LogP contribution >= 0.6 is 0 Å². The van der Waals surface area contributed by atoms with Crippen molar-refractivity contribution < 1.29 is 14.3 Å². The highest BCUT2D eigenvalue weighted by Crippen LogP contribution is 2.28. The lowest BCUT2D eigenvalue weighted by atomic mass is 10.0. The number of carbonyl (C=O) groups excluding carboxylic acids is 2. The molecule has 2 aliphatic heterocycles. The number of rotatable bonds is 3. The Morgan fingerprint density at radius 2 is 2.04 bits per heavy atom. The van der Waals surface area contributed by atoms with Gasteiger partial charge < -0.3 is 15.0 Å². The Labute approximate surface area is 158 Å². The Morgan fingerprint density at radius 1 is 1.19 bits per heavy atom. The number of nitrogens with zero attached hydrogens (tertiary/aromatic N) is 2. The van der Waals surface area contributed by atoms with Crippen LogP contribution in [0.1, 0.15) is 18.4 Å². The predicted molar refractivity (Wildman–Crippen MR) is 104 cm³/mol. The van der Waals surface area contributed by atoms with E-state index in [2.05, 4.69) is 11.4 Å². The van der Waals surface area contributed by atoms with E-state index in [4.69, 9.17) is 4.74 Å². The van der Waals surface area contributed by atoms with Gasteiger partial charge in [0.15, 0.2) is 0 Å². The Balaban J connectivity index is 1.45. The molecule has 140 valence electrons. The SMILES string of the molecule is COc1cccc(N2C[C@H](NC(=O)N3CCCc4ccccc43)CC2=O)c1. The lowest BCUT2D eigenvalue weighted by molar-refractivity contribution is -0.117. The van der Waals surface area contributed by atoms with Crippen molar-refractivity contribution in [1.29, 1.82) is 0 Å². The molecule has 2 aromatic rings. The van der Waals surface area contributed by atoms with E-state index in [1.54, 1.807) is 16.9 Å². The molecule has 6 heteroatoms. The number of hydrogen-bond donors (Lipinski definition) is 1. The molecule has 0 unspecified atom stereocenters. The topological polar surface area (TPSA) is 61.9 Å². The molecular formula is C21H23N3O3. The van der Waals surface area contributed by atoms with Crippen LogP contribution in [0.2, 0.25) is 0 Å². The zero-order valence-electron chi connectivity index (χ0n) is 15.4. The zero-order valence-corrected chi connectivity index (χ0v) is 15.4. The zero-order chi connectivity index (χ0) is 18.8.